The summed E-state index contributed by atoms with van der Waals surface area (Å²) in [6, 6.07) is 4.97. The third-order valence-corrected chi connectivity index (χ3v) is 3.28. The molecule has 1 aromatic carbocycles. The molecule has 2 rings (SSSR count). The van der Waals surface area contributed by atoms with E-state index in [1.807, 2.05) is 17.7 Å². The molecule has 0 aliphatic rings. The smallest absolute Gasteiger partial charge is 0.319 e. The molecule has 0 unspecified atom stereocenters. The van der Waals surface area contributed by atoms with Crippen LogP contribution in [0.4, 0.5) is 10.5 Å². The van der Waals surface area contributed by atoms with E-state index < -0.39 is 0 Å². The van der Waals surface area contributed by atoms with Crippen molar-refractivity contribution in [2.75, 3.05) is 26.1 Å². The van der Waals surface area contributed by atoms with Crippen LogP contribution in [0.5, 0.6) is 11.5 Å². The first-order chi connectivity index (χ1) is 11.1. The first-order valence-corrected chi connectivity index (χ1v) is 7.37. The number of nitrogens with one attached hydrogen (secondary N) is 2. The maximum Gasteiger partial charge on any atom is 0.319 e. The fraction of sp³-hybridized carbons (Fsp3) is 0.375. The number of hydrogen-bond donors (Lipinski definition) is 2. The van der Waals surface area contributed by atoms with Crippen LogP contribution in [0.1, 0.15) is 12.1 Å². The second-order valence-electron chi connectivity index (χ2n) is 5.06. The molecule has 0 bridgehead atoms. The third kappa shape index (κ3) is 4.91. The standard InChI is InChI=1S/C16H22N4O3/c1-12-10-20(11-18-12)8-4-7-17-16(21)19-13-5-6-14(22-2)15(9-13)23-3/h5-6,9-11H,4,7-8H2,1-3H3,(H2,17,19,21). The molecule has 7 nitrogen and oxygen atoms in total. The lowest BCUT2D eigenvalue weighted by Crippen LogP contribution is -2.30. The molecule has 0 fully saturated rings. The predicted octanol–water partition coefficient (Wildman–Crippen LogP) is 2.42. The minimum absolute atomic E-state index is 0.251. The molecule has 0 saturated heterocycles. The van der Waals surface area contributed by atoms with E-state index in [1.54, 1.807) is 38.7 Å². The number of nitrogens with zero attached hydrogens (tertiary/aromatic N) is 2. The summed E-state index contributed by atoms with van der Waals surface area (Å²) in [5, 5.41) is 5.58. The Hall–Kier alpha value is -2.70. The van der Waals surface area contributed by atoms with Crippen LogP contribution in [-0.4, -0.2) is 36.3 Å². The lowest BCUT2D eigenvalue weighted by atomic mass is 10.3. The zero-order chi connectivity index (χ0) is 16.7. The van der Waals surface area contributed by atoms with Gasteiger partial charge in [0.25, 0.3) is 0 Å². The summed E-state index contributed by atoms with van der Waals surface area (Å²) in [7, 11) is 3.12. The van der Waals surface area contributed by atoms with Crippen molar-refractivity contribution in [3.63, 3.8) is 0 Å². The Kier molecular flexibility index (Phi) is 5.85. The molecule has 7 heteroatoms. The monoisotopic (exact) mass is 318 g/mol. The van der Waals surface area contributed by atoms with Gasteiger partial charge in [-0.05, 0) is 25.5 Å². The lowest BCUT2D eigenvalue weighted by Gasteiger charge is -2.11. The number of aryl methyl sites for hydroxylation is 2. The van der Waals surface area contributed by atoms with Crippen molar-refractivity contribution in [2.24, 2.45) is 0 Å². The normalized spacial score (nSPS) is 10.2. The van der Waals surface area contributed by atoms with Gasteiger partial charge < -0.3 is 24.7 Å². The van der Waals surface area contributed by atoms with E-state index in [4.69, 9.17) is 9.47 Å². The number of urea groups is 1. The van der Waals surface area contributed by atoms with Crippen LogP contribution in [0.25, 0.3) is 0 Å². The quantitative estimate of drug-likeness (QED) is 0.769. The van der Waals surface area contributed by atoms with E-state index in [0.29, 0.717) is 23.7 Å². The summed E-state index contributed by atoms with van der Waals surface area (Å²) in [6.45, 7) is 3.35. The fourth-order valence-corrected chi connectivity index (χ4v) is 2.15. The van der Waals surface area contributed by atoms with Gasteiger partial charge in [0.1, 0.15) is 0 Å². The molecule has 1 heterocycles. The van der Waals surface area contributed by atoms with Crippen molar-refractivity contribution in [1.29, 1.82) is 0 Å². The van der Waals surface area contributed by atoms with E-state index in [0.717, 1.165) is 18.7 Å². The maximum absolute atomic E-state index is 11.9. The summed E-state index contributed by atoms with van der Waals surface area (Å²) >= 11 is 0. The third-order valence-electron chi connectivity index (χ3n) is 3.28. The van der Waals surface area contributed by atoms with Gasteiger partial charge in [0, 0.05) is 31.0 Å². The Morgan fingerprint density at radius 2 is 2.04 bits per heavy atom. The summed E-state index contributed by atoms with van der Waals surface area (Å²) in [4.78, 5) is 16.0. The minimum Gasteiger partial charge on any atom is -0.493 e. The van der Waals surface area contributed by atoms with Crippen LogP contribution >= 0.6 is 0 Å². The predicted molar refractivity (Wildman–Crippen MR) is 88.1 cm³/mol. The highest BCUT2D eigenvalue weighted by atomic mass is 16.5. The second-order valence-corrected chi connectivity index (χ2v) is 5.06. The van der Waals surface area contributed by atoms with Crippen LogP contribution in [0, 0.1) is 6.92 Å². The van der Waals surface area contributed by atoms with Gasteiger partial charge in [0.15, 0.2) is 11.5 Å². The summed E-state index contributed by atoms with van der Waals surface area (Å²) in [5.74, 6) is 1.19. The Balaban J connectivity index is 1.76. The van der Waals surface area contributed by atoms with Crippen LogP contribution < -0.4 is 20.1 Å². The fourth-order valence-electron chi connectivity index (χ4n) is 2.15. The SMILES string of the molecule is COc1ccc(NC(=O)NCCCn2cnc(C)c2)cc1OC. The molecule has 0 aliphatic carbocycles. The van der Waals surface area contributed by atoms with Gasteiger partial charge in [-0.25, -0.2) is 9.78 Å². The first kappa shape index (κ1) is 16.7. The van der Waals surface area contributed by atoms with E-state index >= 15 is 0 Å². The molecule has 0 atom stereocenters. The number of rotatable bonds is 7. The number of ether oxygens (including phenoxy) is 2. The molecule has 2 aromatic rings. The average molecular weight is 318 g/mol. The first-order valence-electron chi connectivity index (χ1n) is 7.37. The van der Waals surface area contributed by atoms with Gasteiger partial charge >= 0.3 is 6.03 Å². The van der Waals surface area contributed by atoms with Crippen LogP contribution in [0.2, 0.25) is 0 Å². The van der Waals surface area contributed by atoms with E-state index in [-0.39, 0.29) is 6.03 Å². The number of methoxy groups -OCH3 is 2. The minimum atomic E-state index is -0.251. The number of aromatic nitrogens is 2. The van der Waals surface area contributed by atoms with E-state index in [1.165, 1.54) is 0 Å². The van der Waals surface area contributed by atoms with Crippen molar-refractivity contribution in [2.45, 2.75) is 19.9 Å². The molecule has 2 amide bonds. The molecule has 0 aliphatic heterocycles. The average Bonchev–Trinajstić information content (AvgIpc) is 2.97. The summed E-state index contributed by atoms with van der Waals surface area (Å²) < 4.78 is 12.4. The Morgan fingerprint density at radius 3 is 2.70 bits per heavy atom. The lowest BCUT2D eigenvalue weighted by molar-refractivity contribution is 0.252. The van der Waals surface area contributed by atoms with Crippen LogP contribution in [0.15, 0.2) is 30.7 Å². The molecule has 0 spiro atoms. The largest absolute Gasteiger partial charge is 0.493 e. The molecule has 2 N–H and O–H groups in total. The highest BCUT2D eigenvalue weighted by Crippen LogP contribution is 2.29. The number of amides is 2. The van der Waals surface area contributed by atoms with Gasteiger partial charge in [-0.2, -0.15) is 0 Å². The highest BCUT2D eigenvalue weighted by Gasteiger charge is 2.07. The van der Waals surface area contributed by atoms with Crippen LogP contribution in [0.3, 0.4) is 0 Å². The van der Waals surface area contributed by atoms with Crippen molar-refractivity contribution in [3.05, 3.63) is 36.4 Å². The van der Waals surface area contributed by atoms with Gasteiger partial charge in [0.2, 0.25) is 0 Å². The van der Waals surface area contributed by atoms with E-state index in [2.05, 4.69) is 15.6 Å². The molecule has 0 radical (unpaired) electrons. The second kappa shape index (κ2) is 8.07. The molecule has 1 aromatic heterocycles. The molecule has 23 heavy (non-hydrogen) atoms. The topological polar surface area (TPSA) is 77.4 Å². The van der Waals surface area contributed by atoms with Gasteiger partial charge in [-0.3, -0.25) is 0 Å². The Morgan fingerprint density at radius 1 is 1.26 bits per heavy atom. The van der Waals surface area contributed by atoms with E-state index in [9.17, 15) is 4.79 Å². The summed E-state index contributed by atoms with van der Waals surface area (Å²) in [6.07, 6.45) is 4.60. The number of anilines is 1. The zero-order valence-electron chi connectivity index (χ0n) is 13.6. The van der Waals surface area contributed by atoms with Gasteiger partial charge in [0.05, 0.1) is 26.2 Å². The van der Waals surface area contributed by atoms with Crippen molar-refractivity contribution < 1.29 is 14.3 Å². The van der Waals surface area contributed by atoms with Crippen LogP contribution in [-0.2, 0) is 6.54 Å². The van der Waals surface area contributed by atoms with Gasteiger partial charge in [-0.1, -0.05) is 0 Å². The number of benzene rings is 1. The number of hydrogen-bond acceptors (Lipinski definition) is 4. The molecular weight excluding hydrogens is 296 g/mol. The number of carbonyl (C=O) groups is 1. The summed E-state index contributed by atoms with van der Waals surface area (Å²) in [5.41, 5.74) is 1.63. The Bertz CT molecular complexity index is 655. The number of carbonyl (C=O) groups excluding carboxylic acids is 1. The molecule has 0 saturated carbocycles. The molecule has 124 valence electrons. The Labute approximate surface area is 135 Å². The van der Waals surface area contributed by atoms with Crippen molar-refractivity contribution in [3.8, 4) is 11.5 Å². The van der Waals surface area contributed by atoms with Gasteiger partial charge in [-0.15, -0.1) is 0 Å². The maximum atomic E-state index is 11.9. The zero-order valence-corrected chi connectivity index (χ0v) is 13.6. The number of imidazole rings is 1. The molecular formula is C16H22N4O3. The van der Waals surface area contributed by atoms with Crippen molar-refractivity contribution >= 4 is 11.7 Å². The highest BCUT2D eigenvalue weighted by molar-refractivity contribution is 5.89. The van der Waals surface area contributed by atoms with Crippen molar-refractivity contribution in [1.82, 2.24) is 14.9 Å².